The molecule has 3 rings (SSSR count). The normalized spacial score (nSPS) is 17.2. The number of carbonyl (C=O) groups excluding carboxylic acids is 3. The van der Waals surface area contributed by atoms with Crippen LogP contribution in [0.1, 0.15) is 57.8 Å². The third-order valence-corrected chi connectivity index (χ3v) is 5.92. The summed E-state index contributed by atoms with van der Waals surface area (Å²) < 4.78 is 11.5. The van der Waals surface area contributed by atoms with Crippen LogP contribution in [-0.2, 0) is 9.53 Å². The van der Waals surface area contributed by atoms with Crippen LogP contribution in [0.4, 0.5) is 10.5 Å². The molecule has 0 spiro atoms. The van der Waals surface area contributed by atoms with E-state index in [1.54, 1.807) is 69.3 Å². The Bertz CT molecular complexity index is 1020. The molecule has 0 bridgehead atoms. The number of ether oxygens (including phenoxy) is 2. The number of amides is 3. The Kier molecular flexibility index (Phi) is 7.03. The average molecular weight is 473 g/mol. The van der Waals surface area contributed by atoms with Crippen molar-refractivity contribution in [3.8, 4) is 5.75 Å². The molecule has 0 saturated carbocycles. The number of hydrogen-bond acceptors (Lipinski definition) is 5. The van der Waals surface area contributed by atoms with Crippen molar-refractivity contribution in [1.29, 1.82) is 0 Å². The molecule has 1 atom stereocenters. The molecule has 1 heterocycles. The number of rotatable bonds is 6. The van der Waals surface area contributed by atoms with Crippen LogP contribution in [0.15, 0.2) is 48.5 Å². The molecule has 2 aromatic carbocycles. The summed E-state index contributed by atoms with van der Waals surface area (Å²) in [4.78, 5) is 39.3. The first-order chi connectivity index (χ1) is 15.5. The Morgan fingerprint density at radius 2 is 1.61 bits per heavy atom. The molecule has 1 aliphatic heterocycles. The van der Waals surface area contributed by atoms with Crippen LogP contribution >= 0.6 is 11.6 Å². The lowest BCUT2D eigenvalue weighted by molar-refractivity contribution is -0.190. The molecule has 7 nitrogen and oxygen atoms in total. The Morgan fingerprint density at radius 1 is 1.03 bits per heavy atom. The zero-order valence-corrected chi connectivity index (χ0v) is 20.2. The number of esters is 1. The lowest BCUT2D eigenvalue weighted by Gasteiger charge is -2.53. The van der Waals surface area contributed by atoms with Crippen LogP contribution in [0, 0.1) is 5.41 Å². The summed E-state index contributed by atoms with van der Waals surface area (Å²) in [6, 6.07) is 12.5. The van der Waals surface area contributed by atoms with Gasteiger partial charge in [-0.1, -0.05) is 25.4 Å². The zero-order chi connectivity index (χ0) is 24.4. The second-order valence-corrected chi connectivity index (χ2v) is 9.41. The Hall–Kier alpha value is -3.06. The first kappa shape index (κ1) is 24.6. The molecule has 33 heavy (non-hydrogen) atoms. The van der Waals surface area contributed by atoms with E-state index in [9.17, 15) is 14.4 Å². The van der Waals surface area contributed by atoms with Gasteiger partial charge in [-0.25, -0.2) is 14.5 Å². The predicted molar refractivity (Wildman–Crippen MR) is 126 cm³/mol. The van der Waals surface area contributed by atoms with E-state index < -0.39 is 29.2 Å². The number of nitrogens with zero attached hydrogens (tertiary/aromatic N) is 1. The summed E-state index contributed by atoms with van der Waals surface area (Å²) in [7, 11) is 0. The fourth-order valence-corrected chi connectivity index (χ4v) is 3.88. The fourth-order valence-electron chi connectivity index (χ4n) is 3.75. The lowest BCUT2D eigenvalue weighted by Crippen LogP contribution is -2.73. The summed E-state index contributed by atoms with van der Waals surface area (Å²) in [6.07, 6.45) is 0.265. The number of imide groups is 1. The van der Waals surface area contributed by atoms with E-state index in [1.807, 2.05) is 13.8 Å². The van der Waals surface area contributed by atoms with Crippen molar-refractivity contribution in [1.82, 2.24) is 4.90 Å². The molecule has 0 aromatic heterocycles. The third kappa shape index (κ3) is 5.14. The van der Waals surface area contributed by atoms with E-state index in [0.717, 1.165) is 4.90 Å². The summed E-state index contributed by atoms with van der Waals surface area (Å²) in [6.45, 7) is 9.20. The van der Waals surface area contributed by atoms with Crippen molar-refractivity contribution in [3.63, 3.8) is 0 Å². The highest BCUT2D eigenvalue weighted by Crippen LogP contribution is 2.46. The number of hydrogen-bond donors (Lipinski definition) is 1. The Labute approximate surface area is 199 Å². The monoisotopic (exact) mass is 472 g/mol. The molecule has 176 valence electrons. The van der Waals surface area contributed by atoms with Gasteiger partial charge in [-0.3, -0.25) is 4.79 Å². The number of nitrogens with one attached hydrogen (secondary N) is 1. The first-order valence-electron chi connectivity index (χ1n) is 10.9. The second-order valence-electron chi connectivity index (χ2n) is 8.97. The molecule has 1 aliphatic rings. The topological polar surface area (TPSA) is 84.9 Å². The van der Waals surface area contributed by atoms with Crippen molar-refractivity contribution in [2.45, 2.75) is 59.3 Å². The van der Waals surface area contributed by atoms with Gasteiger partial charge in [-0.2, -0.15) is 0 Å². The molecule has 1 unspecified atom stereocenters. The quantitative estimate of drug-likeness (QED) is 0.419. The minimum atomic E-state index is -0.804. The first-order valence-corrected chi connectivity index (χ1v) is 11.3. The minimum Gasteiger partial charge on any atom is -0.469 e. The van der Waals surface area contributed by atoms with Gasteiger partial charge in [0.2, 0.25) is 5.91 Å². The molecule has 0 aliphatic carbocycles. The maximum absolute atomic E-state index is 13.0. The van der Waals surface area contributed by atoms with Crippen molar-refractivity contribution in [2.75, 3.05) is 5.32 Å². The molecule has 1 N–H and O–H groups in total. The van der Waals surface area contributed by atoms with Gasteiger partial charge >= 0.3 is 12.0 Å². The number of likely N-dealkylation sites (tertiary alicyclic amines) is 1. The number of β-lactam (4-membered cyclic amide) rings is 1. The molecular formula is C25H29ClN2O5. The average Bonchev–Trinajstić information content (AvgIpc) is 2.75. The molecule has 1 saturated heterocycles. The van der Waals surface area contributed by atoms with Gasteiger partial charge in [0, 0.05) is 10.7 Å². The molecule has 3 amide bonds. The van der Waals surface area contributed by atoms with E-state index in [1.165, 1.54) is 0 Å². The highest BCUT2D eigenvalue weighted by atomic mass is 35.5. The van der Waals surface area contributed by atoms with Crippen molar-refractivity contribution >= 4 is 35.2 Å². The number of benzene rings is 2. The van der Waals surface area contributed by atoms with Crippen molar-refractivity contribution in [3.05, 3.63) is 59.1 Å². The van der Waals surface area contributed by atoms with Gasteiger partial charge in [0.25, 0.3) is 0 Å². The summed E-state index contributed by atoms with van der Waals surface area (Å²) in [5.41, 5.74) is -0.501. The maximum atomic E-state index is 13.0. The van der Waals surface area contributed by atoms with Crippen molar-refractivity contribution in [2.24, 2.45) is 5.41 Å². The van der Waals surface area contributed by atoms with Gasteiger partial charge in [0.15, 0.2) is 6.23 Å². The zero-order valence-electron chi connectivity index (χ0n) is 19.5. The smallest absolute Gasteiger partial charge is 0.338 e. The van der Waals surface area contributed by atoms with Gasteiger partial charge in [-0.15, -0.1) is 0 Å². The van der Waals surface area contributed by atoms with Gasteiger partial charge in [0.05, 0.1) is 5.56 Å². The standard InChI is InChI=1S/C25H29ClN2O5/c1-6-25(7-2)21(30)28(23(31)27-18-12-10-17(26)11-13-18)22(25)32-19-14-8-16(9-15-19)20(29)33-24(3,4)5/h8-15,22H,6-7H2,1-5H3,(H,27,31). The Morgan fingerprint density at radius 3 is 2.12 bits per heavy atom. The van der Waals surface area contributed by atoms with E-state index in [-0.39, 0.29) is 5.91 Å². The number of carbonyl (C=O) groups is 3. The third-order valence-electron chi connectivity index (χ3n) is 5.66. The number of halogens is 1. The number of anilines is 1. The fraction of sp³-hybridized carbons (Fsp3) is 0.400. The highest BCUT2D eigenvalue weighted by Gasteiger charge is 2.62. The van der Waals surface area contributed by atoms with Gasteiger partial charge in [0.1, 0.15) is 16.8 Å². The van der Waals surface area contributed by atoms with Crippen molar-refractivity contribution < 1.29 is 23.9 Å². The molecule has 1 fully saturated rings. The molecular weight excluding hydrogens is 444 g/mol. The number of urea groups is 1. The van der Waals surface area contributed by atoms with E-state index in [0.29, 0.717) is 34.9 Å². The van der Waals surface area contributed by atoms with Crippen LogP contribution in [0.5, 0.6) is 5.75 Å². The van der Waals surface area contributed by atoms with Crippen LogP contribution in [-0.4, -0.2) is 34.6 Å². The van der Waals surface area contributed by atoms with Crippen LogP contribution in [0.3, 0.4) is 0 Å². The molecule has 8 heteroatoms. The van der Waals surface area contributed by atoms with Crippen LogP contribution in [0.25, 0.3) is 0 Å². The van der Waals surface area contributed by atoms with Gasteiger partial charge in [-0.05, 0) is 82.1 Å². The summed E-state index contributed by atoms with van der Waals surface area (Å²) in [5, 5.41) is 3.26. The lowest BCUT2D eigenvalue weighted by atomic mass is 9.72. The Balaban J connectivity index is 1.78. The highest BCUT2D eigenvalue weighted by molar-refractivity contribution is 6.30. The molecule has 2 aromatic rings. The maximum Gasteiger partial charge on any atom is 0.338 e. The summed E-state index contributed by atoms with van der Waals surface area (Å²) >= 11 is 5.90. The summed E-state index contributed by atoms with van der Waals surface area (Å²) in [5.74, 6) is -0.280. The SMILES string of the molecule is CCC1(CC)C(=O)N(C(=O)Nc2ccc(Cl)cc2)C1Oc1ccc(C(=O)OC(C)(C)C)cc1. The van der Waals surface area contributed by atoms with Crippen LogP contribution in [0.2, 0.25) is 5.02 Å². The largest absolute Gasteiger partial charge is 0.469 e. The second kappa shape index (κ2) is 9.43. The van der Waals surface area contributed by atoms with E-state index in [2.05, 4.69) is 5.32 Å². The molecule has 0 radical (unpaired) electrons. The van der Waals surface area contributed by atoms with E-state index in [4.69, 9.17) is 21.1 Å². The minimum absolute atomic E-state index is 0.283. The van der Waals surface area contributed by atoms with Crippen LogP contribution < -0.4 is 10.1 Å². The van der Waals surface area contributed by atoms with Gasteiger partial charge < -0.3 is 14.8 Å². The predicted octanol–water partition coefficient (Wildman–Crippen LogP) is 5.88. The van der Waals surface area contributed by atoms with E-state index >= 15 is 0 Å².